The van der Waals surface area contributed by atoms with Gasteiger partial charge in [0.05, 0.1) is 5.69 Å². The molecule has 0 spiro atoms. The Hall–Kier alpha value is -3.80. The summed E-state index contributed by atoms with van der Waals surface area (Å²) in [4.78, 5) is 46.6. The van der Waals surface area contributed by atoms with Crippen molar-refractivity contribution in [3.8, 4) is 0 Å². The number of nitrogens with two attached hydrogens (primary N) is 1. The molecule has 256 valence electrons. The number of amides is 3. The number of allylic oxidation sites excluding steroid dienone is 3. The van der Waals surface area contributed by atoms with Crippen molar-refractivity contribution in [1.29, 1.82) is 0 Å². The van der Waals surface area contributed by atoms with Gasteiger partial charge in [0.25, 0.3) is 5.91 Å². The van der Waals surface area contributed by atoms with Crippen LogP contribution in [0.4, 0.5) is 0 Å². The first-order valence-electron chi connectivity index (χ1n) is 14.5. The van der Waals surface area contributed by atoms with Crippen molar-refractivity contribution in [1.82, 2.24) is 35.8 Å². The number of aliphatic hydroxyl groups excluding tert-OH is 1. The van der Waals surface area contributed by atoms with Crippen molar-refractivity contribution in [3.63, 3.8) is 0 Å². The molecule has 0 saturated carbocycles. The fourth-order valence-corrected chi connectivity index (χ4v) is 5.54. The van der Waals surface area contributed by atoms with Gasteiger partial charge in [-0.1, -0.05) is 0 Å². The number of carbonyl (C=O) groups is 4. The summed E-state index contributed by atoms with van der Waals surface area (Å²) in [5.41, 5.74) is 13.8. The van der Waals surface area contributed by atoms with E-state index < -0.39 is 11.8 Å². The number of hydrazine groups is 2. The number of nitrogens with zero attached hydrogens (tertiary/aromatic N) is 4. The van der Waals surface area contributed by atoms with Crippen LogP contribution in [0.3, 0.4) is 0 Å². The molecule has 2 aromatic heterocycles. The quantitative estimate of drug-likeness (QED) is 0.133. The number of carbonyl (C=O) groups excluding carboxylic acids is 4. The number of aryl methyl sites for hydroxylation is 4. The average molecular weight is 1000 g/mol. The van der Waals surface area contributed by atoms with Crippen molar-refractivity contribution < 1.29 is 67.7 Å². The zero-order valence-corrected chi connectivity index (χ0v) is 33.9. The summed E-state index contributed by atoms with van der Waals surface area (Å²) < 4.78 is 9.35. The molecular weight excluding hydrogens is 960 g/mol. The molecule has 1 aliphatic carbocycles. The van der Waals surface area contributed by atoms with Crippen LogP contribution in [0.2, 0.25) is 0 Å². The number of Topliss-reactive ketones (excluding diaryl/α,β-unsaturated/α-hetero) is 1. The SMILES string of the molecule is CO[C](=[W])C1=CC(C(C)=O)=CCC1.Cc1nn(C)c(C(=O)NN)c1C.Cc1nn(C)c(C(=O)NNC(=O)c2cccc([C](O)=[W])c2)c1C. The van der Waals surface area contributed by atoms with Crippen molar-refractivity contribution in [2.24, 2.45) is 19.9 Å². The number of hydrogen-bond donors (Lipinski definition) is 5. The summed E-state index contributed by atoms with van der Waals surface area (Å²) in [7, 11) is 5.06. The van der Waals surface area contributed by atoms with E-state index in [1.54, 1.807) is 59.3 Å². The molecule has 0 fully saturated rings. The first-order valence-corrected chi connectivity index (χ1v) is 17.4. The van der Waals surface area contributed by atoms with Gasteiger partial charge in [-0.05, 0) is 13.8 Å². The van der Waals surface area contributed by atoms with Crippen LogP contribution in [0.1, 0.15) is 79.2 Å². The number of nitrogens with one attached hydrogen (secondary N) is 3. The van der Waals surface area contributed by atoms with Gasteiger partial charge in [0.1, 0.15) is 5.69 Å². The summed E-state index contributed by atoms with van der Waals surface area (Å²) >= 11 is 2.22. The first-order chi connectivity index (χ1) is 22.5. The number of ether oxygens (including phenoxy) is 1. The third kappa shape index (κ3) is 10.9. The normalized spacial score (nSPS) is 11.8. The molecule has 3 amide bonds. The molecule has 0 radical (unpaired) electrons. The number of hydrogen-bond acceptors (Lipinski definition) is 9. The second-order valence-electron chi connectivity index (χ2n) is 10.5. The van der Waals surface area contributed by atoms with E-state index in [4.69, 9.17) is 10.6 Å². The second kappa shape index (κ2) is 18.7. The van der Waals surface area contributed by atoms with Gasteiger partial charge >= 0.3 is 233 Å². The molecule has 16 heteroatoms. The van der Waals surface area contributed by atoms with Gasteiger partial charge < -0.3 is 0 Å². The van der Waals surface area contributed by atoms with Crippen LogP contribution in [0.15, 0.2) is 47.6 Å². The molecule has 3 aromatic rings. The second-order valence-corrected chi connectivity index (χ2v) is 13.3. The Morgan fingerprint density at radius 1 is 0.896 bits per heavy atom. The van der Waals surface area contributed by atoms with Gasteiger partial charge in [-0.25, -0.2) is 5.84 Å². The van der Waals surface area contributed by atoms with E-state index in [1.165, 1.54) is 34.3 Å². The zero-order chi connectivity index (χ0) is 36.3. The molecule has 0 aliphatic heterocycles. The Morgan fingerprint density at radius 3 is 1.88 bits per heavy atom. The minimum atomic E-state index is -0.465. The van der Waals surface area contributed by atoms with Gasteiger partial charge in [-0.2, -0.15) is 5.10 Å². The number of ketones is 1. The molecule has 1 aliphatic rings. The van der Waals surface area contributed by atoms with E-state index in [1.807, 2.05) is 32.9 Å². The molecule has 6 N–H and O–H groups in total. The van der Waals surface area contributed by atoms with Crippen LogP contribution >= 0.6 is 0 Å². The molecule has 0 unspecified atom stereocenters. The predicted octanol–water partition coefficient (Wildman–Crippen LogP) is 1.69. The summed E-state index contributed by atoms with van der Waals surface area (Å²) in [6, 6.07) is 6.53. The average Bonchev–Trinajstić information content (AvgIpc) is 3.48. The van der Waals surface area contributed by atoms with E-state index >= 15 is 0 Å². The summed E-state index contributed by atoms with van der Waals surface area (Å²) in [6.07, 6.45) is 5.87. The van der Waals surface area contributed by atoms with Crippen molar-refractivity contribution >= 4 is 31.7 Å². The van der Waals surface area contributed by atoms with Gasteiger partial charge in [-0.15, -0.1) is 0 Å². The molecule has 4 rings (SSSR count). The summed E-state index contributed by atoms with van der Waals surface area (Å²) in [5.74, 6) is 3.93. The maximum atomic E-state index is 12.2. The third-order valence-corrected chi connectivity index (χ3v) is 9.61. The fourth-order valence-electron chi connectivity index (χ4n) is 4.51. The molecule has 1 aromatic carbocycles. The predicted molar refractivity (Wildman–Crippen MR) is 173 cm³/mol. The third-order valence-electron chi connectivity index (χ3n) is 7.23. The number of aromatic nitrogens is 4. The van der Waals surface area contributed by atoms with Crippen LogP contribution in [-0.4, -0.2) is 63.5 Å². The fraction of sp³-hybridized carbons (Fsp3) is 0.312. The number of methoxy groups -OCH3 is 1. The Balaban J connectivity index is 0.000000272. The van der Waals surface area contributed by atoms with Gasteiger partial charge in [0, 0.05) is 12.6 Å². The van der Waals surface area contributed by atoms with Crippen LogP contribution in [-0.2, 0) is 62.3 Å². The first kappa shape index (κ1) is 40.4. The topological polar surface area (TPSA) is 195 Å². The Labute approximate surface area is 300 Å². The monoisotopic (exact) mass is 1000 g/mol. The number of aliphatic hydroxyl groups is 1. The molecule has 2 heterocycles. The van der Waals surface area contributed by atoms with Crippen LogP contribution in [0.5, 0.6) is 0 Å². The van der Waals surface area contributed by atoms with Crippen LogP contribution < -0.4 is 22.1 Å². The van der Waals surface area contributed by atoms with Gasteiger partial charge in [0.2, 0.25) is 0 Å². The van der Waals surface area contributed by atoms with E-state index in [-0.39, 0.29) is 15.8 Å². The zero-order valence-electron chi connectivity index (χ0n) is 28.0. The van der Waals surface area contributed by atoms with E-state index in [9.17, 15) is 24.3 Å². The summed E-state index contributed by atoms with van der Waals surface area (Å²) in [6.45, 7) is 8.90. The standard InChI is InChI=1S/C15H16N4O3.C10H12O2.C7H12N4O.2W/c1-9-10(2)18-19(3)13(9)15(22)17-16-14(21)12-6-4-5-11(7-12)8-20;1-8(11)10-5-3-4-9(6-10)7-12-2;1-4-5(2)10-11(3)6(4)7(12)9-8;;/h4-7,20H,1-3H3,(H,16,21)(H,17,22);5-6H,3-4H2,1-2H3;8H2,1-3H3,(H,9,12);;. The summed E-state index contributed by atoms with van der Waals surface area (Å²) in [5, 5.41) is 17.7. The van der Waals surface area contributed by atoms with Crippen molar-refractivity contribution in [2.75, 3.05) is 7.11 Å². The molecule has 0 atom stereocenters. The molecule has 48 heavy (non-hydrogen) atoms. The van der Waals surface area contributed by atoms with Gasteiger partial charge in [0.15, 0.2) is 0 Å². The van der Waals surface area contributed by atoms with E-state index in [0.29, 0.717) is 22.5 Å². The number of nitrogen functional groups attached to an aromatic ring is 1. The van der Waals surface area contributed by atoms with Crippen molar-refractivity contribution in [2.45, 2.75) is 47.5 Å². The number of rotatable bonds is 7. The number of benzene rings is 1. The molecule has 0 bridgehead atoms. The van der Waals surface area contributed by atoms with Crippen LogP contribution in [0.25, 0.3) is 0 Å². The maximum absolute atomic E-state index is 12.2. The van der Waals surface area contributed by atoms with Crippen LogP contribution in [0, 0.1) is 27.7 Å². The Morgan fingerprint density at radius 2 is 1.42 bits per heavy atom. The Bertz CT molecular complexity index is 1810. The Kier molecular flexibility index (Phi) is 15.7. The van der Waals surface area contributed by atoms with Crippen molar-refractivity contribution in [3.05, 3.63) is 92.6 Å². The molecule has 0 saturated heterocycles. The van der Waals surface area contributed by atoms with Gasteiger partial charge in [-0.3, -0.25) is 14.9 Å². The minimum absolute atomic E-state index is 0.135. The van der Waals surface area contributed by atoms with E-state index in [2.05, 4.69) is 26.5 Å². The molecule has 14 nitrogen and oxygen atoms in total. The molecular formula is C32H40N8O6W2. The van der Waals surface area contributed by atoms with E-state index in [0.717, 1.165) is 64.4 Å².